The van der Waals surface area contributed by atoms with Crippen LogP contribution in [0.1, 0.15) is 19.5 Å². The molecule has 3 aromatic rings. The second-order valence-corrected chi connectivity index (χ2v) is 6.70. The van der Waals surface area contributed by atoms with Crippen molar-refractivity contribution in [2.75, 3.05) is 11.9 Å². The van der Waals surface area contributed by atoms with Gasteiger partial charge in [0.2, 0.25) is 0 Å². The monoisotopic (exact) mass is 368 g/mol. The minimum absolute atomic E-state index is 0.00646. The molecule has 0 saturated carbocycles. The molecule has 1 aliphatic rings. The van der Waals surface area contributed by atoms with Crippen molar-refractivity contribution < 1.29 is 18.7 Å². The Bertz CT molecular complexity index is 1100. The van der Waals surface area contributed by atoms with E-state index in [4.69, 9.17) is 4.42 Å². The lowest BCUT2D eigenvalue weighted by molar-refractivity contribution is -0.129. The van der Waals surface area contributed by atoms with Gasteiger partial charge in [-0.05, 0) is 38.1 Å². The highest BCUT2D eigenvalue weighted by Gasteiger charge is 2.27. The van der Waals surface area contributed by atoms with Gasteiger partial charge in [0.15, 0.2) is 23.1 Å². The molecule has 1 aliphatic heterocycles. The topological polar surface area (TPSA) is 91.8 Å². The number of furan rings is 1. The first-order valence-corrected chi connectivity index (χ1v) is 8.47. The number of hydrogen-bond donors (Lipinski definition) is 1. The number of aromatic nitrogens is 2. The molecule has 0 atom stereocenters. The number of carboxylic acids is 1. The normalized spacial score (nSPS) is 13.1. The van der Waals surface area contributed by atoms with E-state index in [2.05, 4.69) is 15.0 Å². The Balaban J connectivity index is 1.91. The highest BCUT2D eigenvalue weighted by Crippen LogP contribution is 2.36. The van der Waals surface area contributed by atoms with Gasteiger partial charge in [0.05, 0.1) is 5.69 Å². The zero-order valence-corrected chi connectivity index (χ0v) is 15.0. The third-order valence-electron chi connectivity index (χ3n) is 4.57. The van der Waals surface area contributed by atoms with Gasteiger partial charge < -0.3 is 14.4 Å². The highest BCUT2D eigenvalue weighted by molar-refractivity contribution is 6.37. The number of carboxylic acid groups (broad SMARTS) is 1. The van der Waals surface area contributed by atoms with Gasteiger partial charge in [-0.2, -0.15) is 0 Å². The fourth-order valence-corrected chi connectivity index (χ4v) is 2.90. The Morgan fingerprint density at radius 1 is 1.30 bits per heavy atom. The third-order valence-corrected chi connectivity index (χ3v) is 4.57. The maximum absolute atomic E-state index is 13.5. The van der Waals surface area contributed by atoms with Gasteiger partial charge in [-0.3, -0.25) is 0 Å². The summed E-state index contributed by atoms with van der Waals surface area (Å²) in [5.41, 5.74) is 1.49. The van der Waals surface area contributed by atoms with Crippen LogP contribution in [-0.4, -0.2) is 39.8 Å². The zero-order chi connectivity index (χ0) is 19.3. The fraction of sp³-hybridized carbons (Fsp3) is 0.263. The van der Waals surface area contributed by atoms with Crippen LogP contribution in [0.15, 0.2) is 33.7 Å². The maximum Gasteiger partial charge on any atom is 0.350 e. The Kier molecular flexibility index (Phi) is 3.91. The first kappa shape index (κ1) is 17.1. The summed E-state index contributed by atoms with van der Waals surface area (Å²) >= 11 is 0. The summed E-state index contributed by atoms with van der Waals surface area (Å²) in [5.74, 6) is -0.188. The molecule has 0 amide bonds. The molecule has 0 bridgehead atoms. The van der Waals surface area contributed by atoms with Gasteiger partial charge in [-0.15, -0.1) is 0 Å². The first-order valence-electron chi connectivity index (χ1n) is 8.47. The average molecular weight is 368 g/mol. The molecule has 7 nitrogen and oxygen atoms in total. The molecule has 2 aromatic heterocycles. The molecule has 27 heavy (non-hydrogen) atoms. The lowest BCUT2D eigenvalue weighted by Crippen LogP contribution is -2.27. The SMILES string of the molecule is CC(C)N(C)c1nc2c(nc1-c1cc3cc(F)ccc3o1)N=C(C(=O)O)C2. The van der Waals surface area contributed by atoms with Crippen molar-refractivity contribution in [1.82, 2.24) is 9.97 Å². The number of nitrogens with zero attached hydrogens (tertiary/aromatic N) is 4. The largest absolute Gasteiger partial charge is 0.477 e. The van der Waals surface area contributed by atoms with E-state index in [0.717, 1.165) is 0 Å². The molecule has 0 unspecified atom stereocenters. The van der Waals surface area contributed by atoms with E-state index >= 15 is 0 Å². The quantitative estimate of drug-likeness (QED) is 0.757. The minimum atomic E-state index is -1.09. The molecule has 4 rings (SSSR count). The van der Waals surface area contributed by atoms with Gasteiger partial charge in [0.25, 0.3) is 0 Å². The van der Waals surface area contributed by atoms with E-state index in [1.165, 1.54) is 12.1 Å². The summed E-state index contributed by atoms with van der Waals surface area (Å²) in [6, 6.07) is 6.09. The summed E-state index contributed by atoms with van der Waals surface area (Å²) in [5, 5.41) is 9.82. The summed E-state index contributed by atoms with van der Waals surface area (Å²) in [7, 11) is 1.88. The second-order valence-electron chi connectivity index (χ2n) is 6.70. The van der Waals surface area contributed by atoms with Crippen LogP contribution >= 0.6 is 0 Å². The predicted octanol–water partition coefficient (Wildman–Crippen LogP) is 3.59. The molecule has 8 heteroatoms. The van der Waals surface area contributed by atoms with E-state index in [0.29, 0.717) is 33.9 Å². The van der Waals surface area contributed by atoms with Crippen LogP contribution in [0.4, 0.5) is 16.0 Å². The Labute approximate surface area is 154 Å². The van der Waals surface area contributed by atoms with Gasteiger partial charge in [-0.1, -0.05) is 0 Å². The number of benzene rings is 1. The highest BCUT2D eigenvalue weighted by atomic mass is 19.1. The third kappa shape index (κ3) is 2.92. The fourth-order valence-electron chi connectivity index (χ4n) is 2.90. The van der Waals surface area contributed by atoms with Crippen molar-refractivity contribution in [2.45, 2.75) is 26.3 Å². The number of hydrogen-bond acceptors (Lipinski definition) is 6. The van der Waals surface area contributed by atoms with Crippen molar-refractivity contribution in [1.29, 1.82) is 0 Å². The molecule has 0 spiro atoms. The standard InChI is InChI=1S/C19H17FN4O3/c1-9(2)24(3)18-16(15-7-10-6-11(20)4-5-14(10)27-15)23-17-12(22-18)8-13(21-17)19(25)26/h4-7,9H,8H2,1-3H3,(H,25,26). The van der Waals surface area contributed by atoms with E-state index in [-0.39, 0.29) is 29.8 Å². The summed E-state index contributed by atoms with van der Waals surface area (Å²) < 4.78 is 19.4. The van der Waals surface area contributed by atoms with Crippen molar-refractivity contribution in [3.63, 3.8) is 0 Å². The van der Waals surface area contributed by atoms with E-state index in [9.17, 15) is 14.3 Å². The number of aliphatic imine (C=N–C) groups is 1. The van der Waals surface area contributed by atoms with Crippen molar-refractivity contribution in [2.24, 2.45) is 4.99 Å². The maximum atomic E-state index is 13.5. The van der Waals surface area contributed by atoms with Gasteiger partial charge in [0.1, 0.15) is 17.1 Å². The van der Waals surface area contributed by atoms with Crippen LogP contribution in [0.25, 0.3) is 22.4 Å². The van der Waals surface area contributed by atoms with Crippen LogP contribution in [0, 0.1) is 5.82 Å². The molecule has 0 saturated heterocycles. The lowest BCUT2D eigenvalue weighted by Gasteiger charge is -2.24. The van der Waals surface area contributed by atoms with E-state index in [1.807, 2.05) is 25.8 Å². The second kappa shape index (κ2) is 6.15. The summed E-state index contributed by atoms with van der Waals surface area (Å²) in [4.78, 5) is 26.4. The zero-order valence-electron chi connectivity index (χ0n) is 15.0. The number of carbonyl (C=O) groups is 1. The minimum Gasteiger partial charge on any atom is -0.477 e. The predicted molar refractivity (Wildman–Crippen MR) is 99.2 cm³/mol. The Morgan fingerprint density at radius 2 is 2.07 bits per heavy atom. The van der Waals surface area contributed by atoms with Gasteiger partial charge in [-0.25, -0.2) is 24.1 Å². The number of rotatable bonds is 4. The molecular formula is C19H17FN4O3. The first-order chi connectivity index (χ1) is 12.8. The van der Waals surface area contributed by atoms with Gasteiger partial charge >= 0.3 is 5.97 Å². The molecule has 0 fully saturated rings. The van der Waals surface area contributed by atoms with E-state index in [1.54, 1.807) is 12.1 Å². The Hall–Kier alpha value is -3.29. The number of halogens is 1. The van der Waals surface area contributed by atoms with Crippen molar-refractivity contribution in [3.05, 3.63) is 35.8 Å². The van der Waals surface area contributed by atoms with Crippen molar-refractivity contribution in [3.8, 4) is 11.5 Å². The average Bonchev–Trinajstić information content (AvgIpc) is 3.22. The number of anilines is 1. The van der Waals surface area contributed by atoms with Crippen LogP contribution in [-0.2, 0) is 11.2 Å². The van der Waals surface area contributed by atoms with Crippen LogP contribution < -0.4 is 4.90 Å². The van der Waals surface area contributed by atoms with Crippen LogP contribution in [0.2, 0.25) is 0 Å². The lowest BCUT2D eigenvalue weighted by atomic mass is 10.2. The van der Waals surface area contributed by atoms with Gasteiger partial charge in [0, 0.05) is 24.9 Å². The molecule has 1 N–H and O–H groups in total. The van der Waals surface area contributed by atoms with Crippen LogP contribution in [0.3, 0.4) is 0 Å². The van der Waals surface area contributed by atoms with E-state index < -0.39 is 5.97 Å². The number of aliphatic carboxylic acids is 1. The molecule has 3 heterocycles. The Morgan fingerprint density at radius 3 is 2.78 bits per heavy atom. The molecule has 138 valence electrons. The summed E-state index contributed by atoms with van der Waals surface area (Å²) in [6.45, 7) is 4.01. The summed E-state index contributed by atoms with van der Waals surface area (Å²) in [6.07, 6.45) is 0.127. The van der Waals surface area contributed by atoms with Crippen LogP contribution in [0.5, 0.6) is 0 Å². The molecular weight excluding hydrogens is 351 g/mol. The molecule has 1 aromatic carbocycles. The number of fused-ring (bicyclic) bond motifs is 2. The van der Waals surface area contributed by atoms with Crippen molar-refractivity contribution >= 4 is 34.3 Å². The molecule has 0 radical (unpaired) electrons. The molecule has 0 aliphatic carbocycles. The smallest absolute Gasteiger partial charge is 0.350 e.